The van der Waals surface area contributed by atoms with Crippen molar-refractivity contribution in [2.24, 2.45) is 0 Å². The molecule has 2 saturated heterocycles. The van der Waals surface area contributed by atoms with Crippen LogP contribution in [0.25, 0.3) is 0 Å². The van der Waals surface area contributed by atoms with Gasteiger partial charge in [-0.1, -0.05) is 0 Å². The van der Waals surface area contributed by atoms with E-state index in [1.54, 1.807) is 0 Å². The van der Waals surface area contributed by atoms with Crippen LogP contribution in [0.4, 0.5) is 0 Å². The summed E-state index contributed by atoms with van der Waals surface area (Å²) in [5, 5.41) is 7.83. The van der Waals surface area contributed by atoms with Crippen molar-refractivity contribution in [3.63, 3.8) is 0 Å². The molecule has 0 aliphatic carbocycles. The lowest BCUT2D eigenvalue weighted by Crippen LogP contribution is -2.27. The van der Waals surface area contributed by atoms with Gasteiger partial charge >= 0.3 is 0 Å². The van der Waals surface area contributed by atoms with Crippen LogP contribution in [0.2, 0.25) is 0 Å². The van der Waals surface area contributed by atoms with E-state index in [2.05, 4.69) is 16.6 Å². The van der Waals surface area contributed by atoms with Crippen LogP contribution in [0.1, 0.15) is 43.2 Å². The van der Waals surface area contributed by atoms with E-state index in [-0.39, 0.29) is 6.04 Å². The fourth-order valence-corrected chi connectivity index (χ4v) is 4.53. The lowest BCUT2D eigenvalue weighted by Gasteiger charge is -2.23. The van der Waals surface area contributed by atoms with Gasteiger partial charge in [0.1, 0.15) is 9.84 Å². The van der Waals surface area contributed by atoms with Crippen molar-refractivity contribution in [1.29, 1.82) is 0 Å². The Balaban J connectivity index is 1.68. The molecular formula is C13H21N3O2S. The van der Waals surface area contributed by atoms with Crippen molar-refractivity contribution in [3.8, 4) is 0 Å². The van der Waals surface area contributed by atoms with Gasteiger partial charge in [-0.25, -0.2) is 8.42 Å². The molecule has 0 atom stereocenters. The molecule has 3 rings (SSSR count). The van der Waals surface area contributed by atoms with Gasteiger partial charge in [-0.2, -0.15) is 5.10 Å². The Morgan fingerprint density at radius 2 is 1.84 bits per heavy atom. The third kappa shape index (κ3) is 3.00. The van der Waals surface area contributed by atoms with Crippen molar-refractivity contribution >= 4 is 9.84 Å². The number of hydrogen-bond donors (Lipinski definition) is 1. The quantitative estimate of drug-likeness (QED) is 0.883. The average molecular weight is 283 g/mol. The summed E-state index contributed by atoms with van der Waals surface area (Å²) in [6, 6.07) is 0.263. The molecule has 0 saturated carbocycles. The Kier molecular flexibility index (Phi) is 3.62. The van der Waals surface area contributed by atoms with Gasteiger partial charge in [0, 0.05) is 6.20 Å². The molecule has 1 aromatic rings. The summed E-state index contributed by atoms with van der Waals surface area (Å²) in [5.74, 6) is 1.22. The Bertz CT molecular complexity index is 518. The lowest BCUT2D eigenvalue weighted by molar-refractivity contribution is 0.411. The highest BCUT2D eigenvalue weighted by molar-refractivity contribution is 7.91. The fraction of sp³-hybridized carbons (Fsp3) is 0.769. The molecule has 5 nitrogen and oxygen atoms in total. The molecule has 2 aliphatic rings. The number of piperidine rings is 1. The first-order chi connectivity index (χ1) is 9.14. The molecular weight excluding hydrogens is 262 g/mol. The van der Waals surface area contributed by atoms with Crippen molar-refractivity contribution in [2.75, 3.05) is 24.6 Å². The Hall–Kier alpha value is -0.880. The summed E-state index contributed by atoms with van der Waals surface area (Å²) in [7, 11) is -2.79. The smallest absolute Gasteiger partial charge is 0.150 e. The Labute approximate surface area is 114 Å². The van der Waals surface area contributed by atoms with E-state index >= 15 is 0 Å². The second-order valence-corrected chi connectivity index (χ2v) is 7.96. The van der Waals surface area contributed by atoms with Gasteiger partial charge in [0.15, 0.2) is 0 Å². The Morgan fingerprint density at radius 3 is 2.53 bits per heavy atom. The van der Waals surface area contributed by atoms with Crippen molar-refractivity contribution < 1.29 is 8.42 Å². The number of nitrogens with zero attached hydrogens (tertiary/aromatic N) is 2. The largest absolute Gasteiger partial charge is 0.317 e. The molecule has 0 unspecified atom stereocenters. The fourth-order valence-electron chi connectivity index (χ4n) is 3.06. The molecule has 19 heavy (non-hydrogen) atoms. The third-order valence-corrected chi connectivity index (χ3v) is 6.05. The van der Waals surface area contributed by atoms with Crippen LogP contribution in [0, 0.1) is 0 Å². The Morgan fingerprint density at radius 1 is 1.16 bits per heavy atom. The van der Waals surface area contributed by atoms with Gasteiger partial charge < -0.3 is 5.32 Å². The van der Waals surface area contributed by atoms with Crippen LogP contribution in [-0.4, -0.2) is 42.8 Å². The van der Waals surface area contributed by atoms with Crippen LogP contribution >= 0.6 is 0 Å². The molecule has 0 aromatic carbocycles. The maximum atomic E-state index is 11.4. The van der Waals surface area contributed by atoms with Gasteiger partial charge in [0.25, 0.3) is 0 Å². The van der Waals surface area contributed by atoms with Crippen LogP contribution in [0.15, 0.2) is 12.4 Å². The zero-order valence-electron chi connectivity index (χ0n) is 11.1. The minimum atomic E-state index is -2.79. The monoisotopic (exact) mass is 283 g/mol. The van der Waals surface area contributed by atoms with Crippen molar-refractivity contribution in [1.82, 2.24) is 15.1 Å². The molecule has 106 valence electrons. The van der Waals surface area contributed by atoms with Crippen LogP contribution in [0.5, 0.6) is 0 Å². The first kappa shape index (κ1) is 13.1. The topological polar surface area (TPSA) is 64.0 Å². The van der Waals surface area contributed by atoms with Gasteiger partial charge in [-0.15, -0.1) is 0 Å². The molecule has 0 bridgehead atoms. The highest BCUT2D eigenvalue weighted by atomic mass is 32.2. The van der Waals surface area contributed by atoms with Crippen molar-refractivity contribution in [3.05, 3.63) is 18.0 Å². The van der Waals surface area contributed by atoms with Crippen LogP contribution < -0.4 is 5.32 Å². The van der Waals surface area contributed by atoms with Crippen LogP contribution in [-0.2, 0) is 9.84 Å². The maximum Gasteiger partial charge on any atom is 0.150 e. The maximum absolute atomic E-state index is 11.4. The highest BCUT2D eigenvalue weighted by Gasteiger charge is 2.26. The van der Waals surface area contributed by atoms with E-state index in [0.29, 0.717) is 30.3 Å². The molecule has 6 heteroatoms. The molecule has 0 spiro atoms. The number of rotatable bonds is 2. The number of nitrogens with one attached hydrogen (secondary N) is 1. The van der Waals surface area contributed by atoms with E-state index < -0.39 is 9.84 Å². The summed E-state index contributed by atoms with van der Waals surface area (Å²) in [5.41, 5.74) is 1.31. The molecule has 1 N–H and O–H groups in total. The zero-order chi connectivity index (χ0) is 13.3. The van der Waals surface area contributed by atoms with E-state index in [4.69, 9.17) is 0 Å². The average Bonchev–Trinajstić information content (AvgIpc) is 2.89. The number of hydrogen-bond acceptors (Lipinski definition) is 4. The van der Waals surface area contributed by atoms with Crippen molar-refractivity contribution in [2.45, 2.75) is 37.6 Å². The first-order valence-electron chi connectivity index (χ1n) is 7.09. The summed E-state index contributed by atoms with van der Waals surface area (Å²) >= 11 is 0. The first-order valence-corrected chi connectivity index (χ1v) is 8.91. The minimum Gasteiger partial charge on any atom is -0.317 e. The van der Waals surface area contributed by atoms with Gasteiger partial charge in [-0.05, 0) is 50.3 Å². The zero-order valence-corrected chi connectivity index (χ0v) is 11.9. The molecule has 3 heterocycles. The lowest BCUT2D eigenvalue weighted by atomic mass is 9.93. The predicted octanol–water partition coefficient (Wildman–Crippen LogP) is 1.10. The second-order valence-electron chi connectivity index (χ2n) is 5.66. The molecule has 0 radical (unpaired) electrons. The SMILES string of the molecule is O=S1(=O)CCC(n2cc(C3CCNCC3)cn2)CC1. The molecule has 2 fully saturated rings. The molecule has 2 aliphatic heterocycles. The van der Waals surface area contributed by atoms with E-state index in [9.17, 15) is 8.42 Å². The summed E-state index contributed by atoms with van der Waals surface area (Å²) in [4.78, 5) is 0. The summed E-state index contributed by atoms with van der Waals surface area (Å²) in [6.45, 7) is 2.16. The summed E-state index contributed by atoms with van der Waals surface area (Å²) in [6.07, 6.45) is 7.86. The van der Waals surface area contributed by atoms with Gasteiger partial charge in [-0.3, -0.25) is 4.68 Å². The minimum absolute atomic E-state index is 0.263. The highest BCUT2D eigenvalue weighted by Crippen LogP contribution is 2.28. The normalized spacial score (nSPS) is 25.5. The second kappa shape index (κ2) is 5.25. The van der Waals surface area contributed by atoms with Gasteiger partial charge in [0.05, 0.1) is 23.7 Å². The standard InChI is InChI=1S/C13H21N3O2S/c17-19(18)7-3-13(4-8-19)16-10-12(9-15-16)11-1-5-14-6-2-11/h9-11,13-14H,1-8H2. The van der Waals surface area contributed by atoms with Crippen LogP contribution in [0.3, 0.4) is 0 Å². The van der Waals surface area contributed by atoms with E-state index in [1.807, 2.05) is 10.9 Å². The molecule has 0 amide bonds. The number of sulfone groups is 1. The van der Waals surface area contributed by atoms with E-state index in [0.717, 1.165) is 13.1 Å². The third-order valence-electron chi connectivity index (χ3n) is 4.33. The van der Waals surface area contributed by atoms with E-state index in [1.165, 1.54) is 18.4 Å². The summed E-state index contributed by atoms with van der Waals surface area (Å²) < 4.78 is 24.9. The predicted molar refractivity (Wildman–Crippen MR) is 74.0 cm³/mol. The molecule has 1 aromatic heterocycles. The number of aromatic nitrogens is 2. The van der Waals surface area contributed by atoms with Gasteiger partial charge in [0.2, 0.25) is 0 Å².